The second-order valence-corrected chi connectivity index (χ2v) is 2.88. The monoisotopic (exact) mass is 196 g/mol. The predicted molar refractivity (Wildman–Crippen MR) is 55.0 cm³/mol. The summed E-state index contributed by atoms with van der Waals surface area (Å²) in [7, 11) is 1.62. The molecule has 0 amide bonds. The molecule has 0 spiro atoms. The molecule has 1 aromatic rings. The Morgan fingerprint density at radius 1 is 1.36 bits per heavy atom. The molecule has 0 aliphatic carbocycles. The molecule has 1 aromatic carbocycles. The summed E-state index contributed by atoms with van der Waals surface area (Å²) in [6.07, 6.45) is 0.610. The second kappa shape index (κ2) is 5.50. The molecule has 1 rings (SSSR count). The van der Waals surface area contributed by atoms with E-state index < -0.39 is 0 Å². The molecule has 0 fully saturated rings. The largest absolute Gasteiger partial charge is 0.497 e. The highest BCUT2D eigenvalue weighted by Crippen LogP contribution is 2.25. The summed E-state index contributed by atoms with van der Waals surface area (Å²) < 4.78 is 10.5. The van der Waals surface area contributed by atoms with Crippen LogP contribution < -0.4 is 9.47 Å². The van der Waals surface area contributed by atoms with Crippen LogP contribution in [-0.4, -0.2) is 25.4 Å². The highest BCUT2D eigenvalue weighted by Gasteiger charge is 2.04. The van der Waals surface area contributed by atoms with Gasteiger partial charge in [0.1, 0.15) is 11.5 Å². The molecular weight excluding hydrogens is 180 g/mol. The minimum absolute atomic E-state index is 0.131. The topological polar surface area (TPSA) is 38.7 Å². The Morgan fingerprint density at radius 3 is 2.71 bits per heavy atom. The maximum absolute atomic E-state index is 8.85. The third-order valence-electron chi connectivity index (χ3n) is 1.96. The number of hydrogen-bond acceptors (Lipinski definition) is 3. The van der Waals surface area contributed by atoms with Crippen LogP contribution in [0.3, 0.4) is 0 Å². The normalized spacial score (nSPS) is 9.93. The lowest BCUT2D eigenvalue weighted by atomic mass is 10.1. The van der Waals surface area contributed by atoms with E-state index in [1.165, 1.54) is 0 Å². The SMILES string of the molecule is CCOc1cc(OC)ccc1CCO. The van der Waals surface area contributed by atoms with E-state index in [1.807, 2.05) is 25.1 Å². The Labute approximate surface area is 84.3 Å². The smallest absolute Gasteiger partial charge is 0.126 e. The summed E-state index contributed by atoms with van der Waals surface area (Å²) in [6, 6.07) is 5.63. The first-order chi connectivity index (χ1) is 6.81. The summed E-state index contributed by atoms with van der Waals surface area (Å²) in [4.78, 5) is 0. The molecule has 1 N–H and O–H groups in total. The Hall–Kier alpha value is -1.22. The standard InChI is InChI=1S/C11H16O3/c1-3-14-11-8-10(13-2)5-4-9(11)6-7-12/h4-5,8,12H,3,6-7H2,1-2H3. The number of benzene rings is 1. The van der Waals surface area contributed by atoms with Crippen molar-refractivity contribution in [1.82, 2.24) is 0 Å². The quantitative estimate of drug-likeness (QED) is 0.777. The molecule has 0 aromatic heterocycles. The first kappa shape index (κ1) is 10.9. The third-order valence-corrected chi connectivity index (χ3v) is 1.96. The molecule has 3 nitrogen and oxygen atoms in total. The predicted octanol–water partition coefficient (Wildman–Crippen LogP) is 1.63. The average molecular weight is 196 g/mol. The van der Waals surface area contributed by atoms with Crippen LogP contribution in [0.25, 0.3) is 0 Å². The van der Waals surface area contributed by atoms with E-state index in [-0.39, 0.29) is 6.61 Å². The van der Waals surface area contributed by atoms with Gasteiger partial charge in [0, 0.05) is 12.7 Å². The van der Waals surface area contributed by atoms with Gasteiger partial charge in [0.2, 0.25) is 0 Å². The van der Waals surface area contributed by atoms with Gasteiger partial charge in [-0.2, -0.15) is 0 Å². The van der Waals surface area contributed by atoms with Gasteiger partial charge in [-0.05, 0) is 25.0 Å². The van der Waals surface area contributed by atoms with Crippen molar-refractivity contribution in [2.24, 2.45) is 0 Å². The van der Waals surface area contributed by atoms with Crippen molar-refractivity contribution in [2.75, 3.05) is 20.3 Å². The van der Waals surface area contributed by atoms with Crippen molar-refractivity contribution >= 4 is 0 Å². The first-order valence-electron chi connectivity index (χ1n) is 4.72. The summed E-state index contributed by atoms with van der Waals surface area (Å²) >= 11 is 0. The van der Waals surface area contributed by atoms with E-state index in [4.69, 9.17) is 14.6 Å². The minimum Gasteiger partial charge on any atom is -0.497 e. The van der Waals surface area contributed by atoms with Gasteiger partial charge in [0.25, 0.3) is 0 Å². The van der Waals surface area contributed by atoms with Gasteiger partial charge >= 0.3 is 0 Å². The lowest BCUT2D eigenvalue weighted by Gasteiger charge is -2.10. The van der Waals surface area contributed by atoms with E-state index in [0.29, 0.717) is 13.0 Å². The summed E-state index contributed by atoms with van der Waals surface area (Å²) in [5, 5.41) is 8.85. The molecule has 0 atom stereocenters. The molecule has 0 aliphatic rings. The first-order valence-corrected chi connectivity index (χ1v) is 4.72. The molecule has 0 heterocycles. The van der Waals surface area contributed by atoms with Crippen LogP contribution in [0.4, 0.5) is 0 Å². The van der Waals surface area contributed by atoms with Crippen LogP contribution in [0, 0.1) is 0 Å². The number of methoxy groups -OCH3 is 1. The summed E-state index contributed by atoms with van der Waals surface area (Å²) in [6.45, 7) is 2.68. The number of ether oxygens (including phenoxy) is 2. The summed E-state index contributed by atoms with van der Waals surface area (Å²) in [5.74, 6) is 1.57. The van der Waals surface area contributed by atoms with E-state index in [9.17, 15) is 0 Å². The maximum atomic E-state index is 8.85. The molecule has 0 radical (unpaired) electrons. The minimum atomic E-state index is 0.131. The summed E-state index contributed by atoms with van der Waals surface area (Å²) in [5.41, 5.74) is 1.01. The van der Waals surface area contributed by atoms with Crippen LogP contribution >= 0.6 is 0 Å². The van der Waals surface area contributed by atoms with E-state index in [0.717, 1.165) is 17.1 Å². The van der Waals surface area contributed by atoms with Crippen molar-refractivity contribution in [3.8, 4) is 11.5 Å². The van der Waals surface area contributed by atoms with Crippen LogP contribution in [0.15, 0.2) is 18.2 Å². The Bertz CT molecular complexity index is 284. The van der Waals surface area contributed by atoms with E-state index in [2.05, 4.69) is 0 Å². The van der Waals surface area contributed by atoms with Gasteiger partial charge in [0.15, 0.2) is 0 Å². The lowest BCUT2D eigenvalue weighted by Crippen LogP contribution is -1.99. The zero-order valence-corrected chi connectivity index (χ0v) is 8.62. The molecule has 0 saturated heterocycles. The van der Waals surface area contributed by atoms with E-state index >= 15 is 0 Å². The Kier molecular flexibility index (Phi) is 4.26. The fourth-order valence-electron chi connectivity index (χ4n) is 1.28. The van der Waals surface area contributed by atoms with Crippen LogP contribution in [0.2, 0.25) is 0 Å². The number of aliphatic hydroxyl groups excluding tert-OH is 1. The second-order valence-electron chi connectivity index (χ2n) is 2.88. The van der Waals surface area contributed by atoms with Gasteiger partial charge in [0.05, 0.1) is 13.7 Å². The fraction of sp³-hybridized carbons (Fsp3) is 0.455. The van der Waals surface area contributed by atoms with Crippen molar-refractivity contribution < 1.29 is 14.6 Å². The van der Waals surface area contributed by atoms with Crippen LogP contribution in [0.5, 0.6) is 11.5 Å². The van der Waals surface area contributed by atoms with E-state index in [1.54, 1.807) is 7.11 Å². The number of hydrogen-bond donors (Lipinski definition) is 1. The highest BCUT2D eigenvalue weighted by atomic mass is 16.5. The average Bonchev–Trinajstić information content (AvgIpc) is 2.21. The Balaban J connectivity index is 2.91. The molecule has 0 unspecified atom stereocenters. The molecule has 3 heteroatoms. The molecule has 0 bridgehead atoms. The van der Waals surface area contributed by atoms with Gasteiger partial charge in [-0.3, -0.25) is 0 Å². The molecule has 14 heavy (non-hydrogen) atoms. The van der Waals surface area contributed by atoms with Crippen molar-refractivity contribution in [2.45, 2.75) is 13.3 Å². The van der Waals surface area contributed by atoms with Crippen molar-refractivity contribution in [3.05, 3.63) is 23.8 Å². The molecular formula is C11H16O3. The molecule has 0 saturated carbocycles. The zero-order chi connectivity index (χ0) is 10.4. The fourth-order valence-corrected chi connectivity index (χ4v) is 1.28. The van der Waals surface area contributed by atoms with Crippen LogP contribution in [0.1, 0.15) is 12.5 Å². The molecule has 0 aliphatic heterocycles. The lowest BCUT2D eigenvalue weighted by molar-refractivity contribution is 0.292. The van der Waals surface area contributed by atoms with Crippen LogP contribution in [-0.2, 0) is 6.42 Å². The molecule has 78 valence electrons. The highest BCUT2D eigenvalue weighted by molar-refractivity contribution is 5.40. The zero-order valence-electron chi connectivity index (χ0n) is 8.62. The van der Waals surface area contributed by atoms with Crippen molar-refractivity contribution in [3.63, 3.8) is 0 Å². The van der Waals surface area contributed by atoms with Gasteiger partial charge in [-0.25, -0.2) is 0 Å². The van der Waals surface area contributed by atoms with Crippen molar-refractivity contribution in [1.29, 1.82) is 0 Å². The number of aliphatic hydroxyl groups is 1. The maximum Gasteiger partial charge on any atom is 0.126 e. The number of rotatable bonds is 5. The third kappa shape index (κ3) is 2.64. The van der Waals surface area contributed by atoms with Gasteiger partial charge in [-0.1, -0.05) is 6.07 Å². The van der Waals surface area contributed by atoms with Gasteiger partial charge in [-0.15, -0.1) is 0 Å². The Morgan fingerprint density at radius 2 is 2.14 bits per heavy atom. The van der Waals surface area contributed by atoms with Gasteiger partial charge < -0.3 is 14.6 Å².